The number of pyridine rings is 1. The van der Waals surface area contributed by atoms with E-state index in [1.54, 1.807) is 6.07 Å². The van der Waals surface area contributed by atoms with Gasteiger partial charge in [0.2, 0.25) is 0 Å². The third-order valence-electron chi connectivity index (χ3n) is 2.18. The Morgan fingerprint density at radius 3 is 2.93 bits per heavy atom. The van der Waals surface area contributed by atoms with Gasteiger partial charge in [-0.25, -0.2) is 4.79 Å². The summed E-state index contributed by atoms with van der Waals surface area (Å²) in [5.41, 5.74) is 4.99. The van der Waals surface area contributed by atoms with Gasteiger partial charge >= 0.3 is 5.97 Å². The molecule has 0 fully saturated rings. The van der Waals surface area contributed by atoms with Crippen LogP contribution in [0.1, 0.15) is 18.2 Å². The molecule has 0 amide bonds. The van der Waals surface area contributed by atoms with Gasteiger partial charge in [-0.1, -0.05) is 0 Å². The highest BCUT2D eigenvalue weighted by Crippen LogP contribution is 2.16. The van der Waals surface area contributed by atoms with E-state index >= 15 is 0 Å². The SMILES string of the molecule is CC(N)(C(=O)O)c1cc(CCF)ccn1. The van der Waals surface area contributed by atoms with Gasteiger partial charge in [0.05, 0.1) is 12.4 Å². The van der Waals surface area contributed by atoms with Crippen LogP contribution in [-0.4, -0.2) is 22.7 Å². The third kappa shape index (κ3) is 2.50. The highest BCUT2D eigenvalue weighted by Gasteiger charge is 2.31. The third-order valence-corrected chi connectivity index (χ3v) is 2.18. The lowest BCUT2D eigenvalue weighted by atomic mass is 9.97. The Bertz CT molecular complexity index is 366. The van der Waals surface area contributed by atoms with Crippen molar-refractivity contribution in [3.63, 3.8) is 0 Å². The van der Waals surface area contributed by atoms with Crippen LogP contribution in [0.15, 0.2) is 18.3 Å². The van der Waals surface area contributed by atoms with E-state index in [1.807, 2.05) is 0 Å². The molecule has 0 radical (unpaired) electrons. The average Bonchev–Trinajstić information content (AvgIpc) is 2.18. The molecule has 5 heteroatoms. The Morgan fingerprint density at radius 2 is 2.40 bits per heavy atom. The molecular formula is C10H13FN2O2. The van der Waals surface area contributed by atoms with Crippen LogP contribution in [0.3, 0.4) is 0 Å². The first kappa shape index (κ1) is 11.6. The van der Waals surface area contributed by atoms with Crippen molar-refractivity contribution in [2.24, 2.45) is 5.73 Å². The first-order valence-corrected chi connectivity index (χ1v) is 4.52. The number of halogens is 1. The van der Waals surface area contributed by atoms with Gasteiger partial charge in [0.25, 0.3) is 0 Å². The maximum Gasteiger partial charge on any atom is 0.329 e. The number of aromatic nitrogens is 1. The maximum absolute atomic E-state index is 12.1. The second-order valence-corrected chi connectivity index (χ2v) is 3.50. The fourth-order valence-electron chi connectivity index (χ4n) is 1.13. The van der Waals surface area contributed by atoms with E-state index in [1.165, 1.54) is 19.2 Å². The van der Waals surface area contributed by atoms with Crippen molar-refractivity contribution in [3.05, 3.63) is 29.6 Å². The summed E-state index contributed by atoms with van der Waals surface area (Å²) in [5.74, 6) is -1.16. The standard InChI is InChI=1S/C10H13FN2O2/c1-10(12,9(14)15)8-6-7(2-4-11)3-5-13-8/h3,5-6H,2,4,12H2,1H3,(H,14,15). The normalized spacial score (nSPS) is 14.6. The summed E-state index contributed by atoms with van der Waals surface area (Å²) in [6.07, 6.45) is 1.68. The number of carboxylic acid groups (broad SMARTS) is 1. The highest BCUT2D eigenvalue weighted by molar-refractivity contribution is 5.79. The zero-order chi connectivity index (χ0) is 11.5. The molecule has 1 aromatic rings. The maximum atomic E-state index is 12.1. The lowest BCUT2D eigenvalue weighted by Gasteiger charge is -2.18. The van der Waals surface area contributed by atoms with Gasteiger partial charge in [0, 0.05) is 12.6 Å². The van der Waals surface area contributed by atoms with E-state index in [0.29, 0.717) is 5.56 Å². The molecule has 1 atom stereocenters. The molecule has 0 spiro atoms. The Hall–Kier alpha value is -1.49. The number of aryl methyl sites for hydroxylation is 1. The van der Waals surface area contributed by atoms with Crippen LogP contribution in [0, 0.1) is 0 Å². The predicted molar refractivity (Wildman–Crippen MR) is 53.1 cm³/mol. The Kier molecular flexibility index (Phi) is 3.36. The van der Waals surface area contributed by atoms with Crippen molar-refractivity contribution in [2.45, 2.75) is 18.9 Å². The van der Waals surface area contributed by atoms with Crippen LogP contribution >= 0.6 is 0 Å². The fourth-order valence-corrected chi connectivity index (χ4v) is 1.13. The molecule has 15 heavy (non-hydrogen) atoms. The number of aliphatic carboxylic acids is 1. The molecule has 1 rings (SSSR count). The Labute approximate surface area is 86.9 Å². The number of nitrogens with zero attached hydrogens (tertiary/aromatic N) is 1. The quantitative estimate of drug-likeness (QED) is 0.775. The summed E-state index contributed by atoms with van der Waals surface area (Å²) in [4.78, 5) is 14.7. The van der Waals surface area contributed by atoms with Crippen molar-refractivity contribution in [1.29, 1.82) is 0 Å². The minimum Gasteiger partial charge on any atom is -0.480 e. The molecular weight excluding hydrogens is 199 g/mol. The zero-order valence-corrected chi connectivity index (χ0v) is 8.40. The van der Waals surface area contributed by atoms with Crippen molar-refractivity contribution in [1.82, 2.24) is 4.98 Å². The van der Waals surface area contributed by atoms with Gasteiger partial charge in [0.15, 0.2) is 5.54 Å². The Balaban J connectivity index is 3.04. The van der Waals surface area contributed by atoms with Crippen molar-refractivity contribution in [2.75, 3.05) is 6.67 Å². The molecule has 3 N–H and O–H groups in total. The topological polar surface area (TPSA) is 76.2 Å². The minimum absolute atomic E-state index is 0.237. The fraction of sp³-hybridized carbons (Fsp3) is 0.400. The number of hydrogen-bond acceptors (Lipinski definition) is 3. The molecule has 0 saturated carbocycles. The summed E-state index contributed by atoms with van der Waals surface area (Å²) < 4.78 is 12.1. The van der Waals surface area contributed by atoms with Gasteiger partial charge in [-0.2, -0.15) is 0 Å². The molecule has 4 nitrogen and oxygen atoms in total. The van der Waals surface area contributed by atoms with Crippen molar-refractivity contribution < 1.29 is 14.3 Å². The van der Waals surface area contributed by atoms with E-state index in [-0.39, 0.29) is 12.1 Å². The number of carboxylic acids is 1. The van der Waals surface area contributed by atoms with Crippen LogP contribution < -0.4 is 5.73 Å². The molecule has 0 aliphatic carbocycles. The van der Waals surface area contributed by atoms with E-state index < -0.39 is 18.2 Å². The highest BCUT2D eigenvalue weighted by atomic mass is 19.1. The van der Waals surface area contributed by atoms with Crippen LogP contribution in [0.4, 0.5) is 4.39 Å². The lowest BCUT2D eigenvalue weighted by Crippen LogP contribution is -2.42. The molecule has 0 aliphatic rings. The second-order valence-electron chi connectivity index (χ2n) is 3.50. The van der Waals surface area contributed by atoms with Gasteiger partial charge in [-0.05, 0) is 24.6 Å². The smallest absolute Gasteiger partial charge is 0.329 e. The molecule has 0 aliphatic heterocycles. The minimum atomic E-state index is -1.54. The molecule has 82 valence electrons. The first-order chi connectivity index (χ1) is 6.98. The van der Waals surface area contributed by atoms with Crippen molar-refractivity contribution >= 4 is 5.97 Å². The van der Waals surface area contributed by atoms with E-state index in [2.05, 4.69) is 4.98 Å². The Morgan fingerprint density at radius 1 is 1.73 bits per heavy atom. The average molecular weight is 212 g/mol. The van der Waals surface area contributed by atoms with E-state index in [0.717, 1.165) is 0 Å². The zero-order valence-electron chi connectivity index (χ0n) is 8.40. The summed E-state index contributed by atoms with van der Waals surface area (Å²) >= 11 is 0. The van der Waals surface area contributed by atoms with Crippen LogP contribution in [0.2, 0.25) is 0 Å². The number of alkyl halides is 1. The largest absolute Gasteiger partial charge is 0.480 e. The molecule has 1 aromatic heterocycles. The number of nitrogens with two attached hydrogens (primary N) is 1. The monoisotopic (exact) mass is 212 g/mol. The number of hydrogen-bond donors (Lipinski definition) is 2. The number of rotatable bonds is 4. The summed E-state index contributed by atoms with van der Waals surface area (Å²) in [6, 6.07) is 3.16. The number of carbonyl (C=O) groups is 1. The van der Waals surface area contributed by atoms with E-state index in [9.17, 15) is 9.18 Å². The van der Waals surface area contributed by atoms with Crippen LogP contribution in [0.25, 0.3) is 0 Å². The van der Waals surface area contributed by atoms with Gasteiger partial charge in [-0.15, -0.1) is 0 Å². The van der Waals surface area contributed by atoms with Gasteiger partial charge in [-0.3, -0.25) is 9.37 Å². The van der Waals surface area contributed by atoms with E-state index in [4.69, 9.17) is 10.8 Å². The van der Waals surface area contributed by atoms with Crippen molar-refractivity contribution in [3.8, 4) is 0 Å². The summed E-state index contributed by atoms with van der Waals surface area (Å²) in [6.45, 7) is 0.870. The summed E-state index contributed by atoms with van der Waals surface area (Å²) in [5, 5.41) is 8.88. The molecule has 0 saturated heterocycles. The van der Waals surface area contributed by atoms with Crippen LogP contribution in [0.5, 0.6) is 0 Å². The second kappa shape index (κ2) is 4.35. The van der Waals surface area contributed by atoms with Crippen LogP contribution in [-0.2, 0) is 16.8 Å². The summed E-state index contributed by atoms with van der Waals surface area (Å²) in [7, 11) is 0. The first-order valence-electron chi connectivity index (χ1n) is 4.52. The van der Waals surface area contributed by atoms with Gasteiger partial charge in [0.1, 0.15) is 0 Å². The lowest BCUT2D eigenvalue weighted by molar-refractivity contribution is -0.143. The van der Waals surface area contributed by atoms with Gasteiger partial charge < -0.3 is 10.8 Å². The molecule has 0 aromatic carbocycles. The molecule has 0 bridgehead atoms. The predicted octanol–water partition coefficient (Wildman–Crippen LogP) is 0.852. The molecule has 1 heterocycles. The molecule has 1 unspecified atom stereocenters.